The largest absolute Gasteiger partial charge is 0.354 e. The number of carbonyl (C=O) groups is 1. The Morgan fingerprint density at radius 3 is 2.69 bits per heavy atom. The molecule has 0 fully saturated rings. The Kier molecular flexibility index (Phi) is 5.68. The van der Waals surface area contributed by atoms with Gasteiger partial charge in [-0.25, -0.2) is 13.2 Å². The molecule has 1 aromatic carbocycles. The van der Waals surface area contributed by atoms with Crippen LogP contribution in [0.2, 0.25) is 0 Å². The van der Waals surface area contributed by atoms with Crippen molar-refractivity contribution in [3.63, 3.8) is 0 Å². The molecular formula is C25H22F3N5O2. The third-order valence-corrected chi connectivity index (χ3v) is 6.38. The molecule has 1 unspecified atom stereocenters. The van der Waals surface area contributed by atoms with E-state index in [4.69, 9.17) is 0 Å². The van der Waals surface area contributed by atoms with Gasteiger partial charge >= 0.3 is 0 Å². The Hall–Kier alpha value is -3.92. The summed E-state index contributed by atoms with van der Waals surface area (Å²) in [6, 6.07) is 5.94. The fourth-order valence-corrected chi connectivity index (χ4v) is 4.70. The molecule has 0 aliphatic carbocycles. The van der Waals surface area contributed by atoms with Gasteiger partial charge in [-0.3, -0.25) is 19.5 Å². The molecule has 7 nitrogen and oxygen atoms in total. The van der Waals surface area contributed by atoms with E-state index in [2.05, 4.69) is 15.3 Å². The number of amides is 1. The first-order valence-electron chi connectivity index (χ1n) is 11.1. The molecule has 1 atom stereocenters. The SMILES string of the molecule is CNC(=O)c1ccc(C2=CCN(Cc3cc4[nH]c(=O)c5c(F)ccn5c4c(F)c3F)CC2C)cn1. The molecule has 180 valence electrons. The number of aromatic nitrogens is 3. The zero-order valence-corrected chi connectivity index (χ0v) is 19.0. The highest BCUT2D eigenvalue weighted by Crippen LogP contribution is 2.30. The van der Waals surface area contributed by atoms with E-state index >= 15 is 8.78 Å². The average molecular weight is 481 g/mol. The number of nitrogens with zero attached hydrogens (tertiary/aromatic N) is 3. The van der Waals surface area contributed by atoms with Gasteiger partial charge in [0, 0.05) is 44.6 Å². The molecule has 2 N–H and O–H groups in total. The summed E-state index contributed by atoms with van der Waals surface area (Å²) >= 11 is 0. The summed E-state index contributed by atoms with van der Waals surface area (Å²) in [5.41, 5.74) is 1.18. The number of aromatic amines is 1. The first kappa shape index (κ1) is 22.9. The molecule has 0 saturated carbocycles. The molecule has 0 bridgehead atoms. The maximum Gasteiger partial charge on any atom is 0.275 e. The van der Waals surface area contributed by atoms with E-state index in [1.54, 1.807) is 19.3 Å². The number of hydrogen-bond donors (Lipinski definition) is 2. The summed E-state index contributed by atoms with van der Waals surface area (Å²) in [7, 11) is 1.54. The van der Waals surface area contributed by atoms with Crippen LogP contribution in [0.3, 0.4) is 0 Å². The highest BCUT2D eigenvalue weighted by molar-refractivity contribution is 5.92. The fourth-order valence-electron chi connectivity index (χ4n) is 4.70. The summed E-state index contributed by atoms with van der Waals surface area (Å²) < 4.78 is 45.1. The second kappa shape index (κ2) is 8.70. The van der Waals surface area contributed by atoms with Gasteiger partial charge in [-0.15, -0.1) is 0 Å². The maximum atomic E-state index is 15.1. The molecule has 35 heavy (non-hydrogen) atoms. The van der Waals surface area contributed by atoms with Crippen LogP contribution in [0.15, 0.2) is 47.5 Å². The molecular weight excluding hydrogens is 459 g/mol. The Bertz CT molecular complexity index is 1560. The van der Waals surface area contributed by atoms with Crippen LogP contribution in [0.5, 0.6) is 0 Å². The van der Waals surface area contributed by atoms with Crippen molar-refractivity contribution >= 4 is 28.0 Å². The number of H-pyrrole nitrogens is 1. The standard InChI is InChI=1S/C25H22F3N5O2/c1-13-11-32(7-5-16(13)14-3-4-18(30-10-14)24(34)29-2)12-15-9-19-23(21(28)20(15)27)33-8-6-17(26)22(33)25(35)31-19/h3-6,8-10,13H,7,11-12H2,1-2H3,(H,29,34)(H,31,35). The molecule has 3 aromatic heterocycles. The van der Waals surface area contributed by atoms with Gasteiger partial charge in [0.2, 0.25) is 0 Å². The van der Waals surface area contributed by atoms with Crippen LogP contribution >= 0.6 is 0 Å². The van der Waals surface area contributed by atoms with E-state index < -0.39 is 23.0 Å². The predicted octanol–water partition coefficient (Wildman–Crippen LogP) is 3.49. The van der Waals surface area contributed by atoms with E-state index in [1.165, 1.54) is 12.3 Å². The Labute approximate surface area is 197 Å². The third kappa shape index (κ3) is 3.89. The molecule has 1 aliphatic rings. The van der Waals surface area contributed by atoms with Gasteiger partial charge in [0.15, 0.2) is 17.5 Å². The van der Waals surface area contributed by atoms with Crippen LogP contribution in [0, 0.1) is 23.4 Å². The van der Waals surface area contributed by atoms with Gasteiger partial charge in [0.05, 0.1) is 5.52 Å². The Balaban J connectivity index is 1.42. The van der Waals surface area contributed by atoms with Gasteiger partial charge in [0.1, 0.15) is 16.7 Å². The second-order valence-corrected chi connectivity index (χ2v) is 8.66. The van der Waals surface area contributed by atoms with Crippen molar-refractivity contribution in [2.45, 2.75) is 13.5 Å². The molecule has 0 saturated heterocycles. The van der Waals surface area contributed by atoms with Crippen molar-refractivity contribution in [3.05, 3.63) is 87.4 Å². The number of hydrogen-bond acceptors (Lipinski definition) is 4. The molecule has 4 heterocycles. The quantitative estimate of drug-likeness (QED) is 0.468. The minimum absolute atomic E-state index is 0.0760. The van der Waals surface area contributed by atoms with Gasteiger partial charge in [-0.2, -0.15) is 0 Å². The Morgan fingerprint density at radius 1 is 1.20 bits per heavy atom. The summed E-state index contributed by atoms with van der Waals surface area (Å²) in [6.07, 6.45) is 4.87. The van der Waals surface area contributed by atoms with Crippen molar-refractivity contribution in [2.75, 3.05) is 20.1 Å². The lowest BCUT2D eigenvalue weighted by Crippen LogP contribution is -2.33. The number of benzene rings is 1. The van der Waals surface area contributed by atoms with Crippen LogP contribution in [-0.4, -0.2) is 45.3 Å². The summed E-state index contributed by atoms with van der Waals surface area (Å²) in [5.74, 6) is -3.16. The third-order valence-electron chi connectivity index (χ3n) is 6.38. The monoisotopic (exact) mass is 481 g/mol. The van der Waals surface area contributed by atoms with Crippen molar-refractivity contribution in [1.29, 1.82) is 0 Å². The molecule has 0 spiro atoms. The number of nitrogens with one attached hydrogen (secondary N) is 2. The topological polar surface area (TPSA) is 82.5 Å². The smallest absolute Gasteiger partial charge is 0.275 e. The minimum Gasteiger partial charge on any atom is -0.354 e. The van der Waals surface area contributed by atoms with E-state index in [1.807, 2.05) is 24.0 Å². The van der Waals surface area contributed by atoms with Crippen molar-refractivity contribution < 1.29 is 18.0 Å². The zero-order valence-electron chi connectivity index (χ0n) is 19.0. The zero-order chi connectivity index (χ0) is 24.9. The number of rotatable bonds is 4. The molecule has 5 rings (SSSR count). The van der Waals surface area contributed by atoms with E-state index in [-0.39, 0.29) is 40.5 Å². The lowest BCUT2D eigenvalue weighted by atomic mass is 9.91. The fraction of sp³-hybridized carbons (Fsp3) is 0.240. The first-order chi connectivity index (χ1) is 16.8. The minimum atomic E-state index is -1.14. The van der Waals surface area contributed by atoms with Gasteiger partial charge in [0.25, 0.3) is 11.5 Å². The highest BCUT2D eigenvalue weighted by atomic mass is 19.2. The van der Waals surface area contributed by atoms with E-state index in [9.17, 15) is 14.0 Å². The van der Waals surface area contributed by atoms with Gasteiger partial charge in [-0.05, 0) is 35.3 Å². The Morgan fingerprint density at radius 2 is 2.00 bits per heavy atom. The van der Waals surface area contributed by atoms with Crippen LogP contribution < -0.4 is 10.9 Å². The lowest BCUT2D eigenvalue weighted by molar-refractivity contribution is 0.0958. The lowest BCUT2D eigenvalue weighted by Gasteiger charge is -2.31. The average Bonchev–Trinajstić information content (AvgIpc) is 3.24. The second-order valence-electron chi connectivity index (χ2n) is 8.66. The molecule has 1 aliphatic heterocycles. The maximum absolute atomic E-state index is 15.1. The van der Waals surface area contributed by atoms with E-state index in [0.29, 0.717) is 18.8 Å². The van der Waals surface area contributed by atoms with Crippen LogP contribution in [0.25, 0.3) is 22.1 Å². The summed E-state index contributed by atoms with van der Waals surface area (Å²) in [4.78, 5) is 32.6. The van der Waals surface area contributed by atoms with Crippen molar-refractivity contribution in [1.82, 2.24) is 24.6 Å². The van der Waals surface area contributed by atoms with Gasteiger partial charge in [-0.1, -0.05) is 19.1 Å². The molecule has 1 amide bonds. The molecule has 10 heteroatoms. The van der Waals surface area contributed by atoms with Crippen molar-refractivity contribution in [2.24, 2.45) is 5.92 Å². The van der Waals surface area contributed by atoms with Crippen LogP contribution in [-0.2, 0) is 6.54 Å². The van der Waals surface area contributed by atoms with E-state index in [0.717, 1.165) is 21.6 Å². The first-order valence-corrected chi connectivity index (χ1v) is 11.1. The number of fused-ring (bicyclic) bond motifs is 3. The van der Waals surface area contributed by atoms with Crippen LogP contribution in [0.1, 0.15) is 28.5 Å². The molecule has 0 radical (unpaired) electrons. The number of carbonyl (C=O) groups excluding carboxylic acids is 1. The van der Waals surface area contributed by atoms with Gasteiger partial charge < -0.3 is 14.7 Å². The number of pyridine rings is 1. The number of halogens is 3. The highest BCUT2D eigenvalue weighted by Gasteiger charge is 2.24. The van der Waals surface area contributed by atoms with Crippen molar-refractivity contribution in [3.8, 4) is 0 Å². The summed E-state index contributed by atoms with van der Waals surface area (Å²) in [5, 5.41) is 2.53. The summed E-state index contributed by atoms with van der Waals surface area (Å²) in [6.45, 7) is 3.23. The predicted molar refractivity (Wildman–Crippen MR) is 125 cm³/mol. The normalized spacial score (nSPS) is 16.6. The van der Waals surface area contributed by atoms with Crippen LogP contribution in [0.4, 0.5) is 13.2 Å². The molecule has 4 aromatic rings.